The van der Waals surface area contributed by atoms with Crippen molar-refractivity contribution in [3.05, 3.63) is 64.2 Å². The van der Waals surface area contributed by atoms with Crippen LogP contribution < -0.4 is 15.6 Å². The topological polar surface area (TPSA) is 67.4 Å². The van der Waals surface area contributed by atoms with Crippen LogP contribution >= 0.6 is 11.6 Å². The summed E-state index contributed by atoms with van der Waals surface area (Å²) in [7, 11) is 0. The van der Waals surface area contributed by atoms with Gasteiger partial charge >= 0.3 is 0 Å². The second-order valence-electron chi connectivity index (χ2n) is 5.41. The molecule has 2 rings (SSSR count). The van der Waals surface area contributed by atoms with E-state index in [0.29, 0.717) is 10.8 Å². The lowest BCUT2D eigenvalue weighted by Crippen LogP contribution is -2.44. The molecule has 0 saturated heterocycles. The van der Waals surface area contributed by atoms with Crippen molar-refractivity contribution in [2.45, 2.75) is 20.3 Å². The first-order valence-corrected chi connectivity index (χ1v) is 7.84. The summed E-state index contributed by atoms with van der Waals surface area (Å²) >= 11 is 5.92. The first kappa shape index (κ1) is 17.8. The molecule has 2 N–H and O–H groups in total. The Labute approximate surface area is 145 Å². The van der Waals surface area contributed by atoms with E-state index >= 15 is 0 Å². The normalized spacial score (nSPS) is 10.1. The number of hydrogen-bond donors (Lipinski definition) is 2. The number of halogens is 1. The summed E-state index contributed by atoms with van der Waals surface area (Å²) in [5, 5.41) is 0.420. The molecule has 2 amide bonds. The molecule has 0 heterocycles. The molecule has 0 unspecified atom stereocenters. The SMILES string of the molecule is Cc1ccc(CC(=O)NNC(=O)COc2ccccc2Cl)cc1C. The number of para-hydroxylation sites is 1. The summed E-state index contributed by atoms with van der Waals surface area (Å²) in [4.78, 5) is 23.5. The highest BCUT2D eigenvalue weighted by molar-refractivity contribution is 6.32. The van der Waals surface area contributed by atoms with E-state index in [-0.39, 0.29) is 18.9 Å². The van der Waals surface area contributed by atoms with E-state index in [9.17, 15) is 9.59 Å². The summed E-state index contributed by atoms with van der Waals surface area (Å²) in [6.07, 6.45) is 0.187. The average molecular weight is 347 g/mol. The molecule has 0 aliphatic carbocycles. The van der Waals surface area contributed by atoms with Gasteiger partial charge in [-0.3, -0.25) is 20.4 Å². The van der Waals surface area contributed by atoms with Gasteiger partial charge in [0.25, 0.3) is 5.91 Å². The van der Waals surface area contributed by atoms with Crippen molar-refractivity contribution in [2.75, 3.05) is 6.61 Å². The molecule has 0 spiro atoms. The van der Waals surface area contributed by atoms with E-state index in [0.717, 1.165) is 11.1 Å². The van der Waals surface area contributed by atoms with Gasteiger partial charge in [-0.15, -0.1) is 0 Å². The van der Waals surface area contributed by atoms with Crippen molar-refractivity contribution in [2.24, 2.45) is 0 Å². The number of carbonyl (C=O) groups excluding carboxylic acids is 2. The summed E-state index contributed by atoms with van der Waals surface area (Å²) in [6, 6.07) is 12.7. The van der Waals surface area contributed by atoms with Crippen LogP contribution in [0.15, 0.2) is 42.5 Å². The fourth-order valence-electron chi connectivity index (χ4n) is 2.02. The van der Waals surface area contributed by atoms with Gasteiger partial charge in [-0.05, 0) is 42.7 Å². The van der Waals surface area contributed by atoms with Gasteiger partial charge < -0.3 is 4.74 Å². The maximum absolute atomic E-state index is 11.9. The molecule has 0 saturated carbocycles. The lowest BCUT2D eigenvalue weighted by atomic mass is 10.0. The molecule has 5 nitrogen and oxygen atoms in total. The first-order valence-electron chi connectivity index (χ1n) is 7.47. The molecule has 0 atom stereocenters. The van der Waals surface area contributed by atoms with Crippen molar-refractivity contribution < 1.29 is 14.3 Å². The Hall–Kier alpha value is -2.53. The highest BCUT2D eigenvalue weighted by atomic mass is 35.5. The Balaban J connectivity index is 1.76. The molecule has 24 heavy (non-hydrogen) atoms. The number of hydrazine groups is 1. The molecule has 2 aromatic rings. The molecule has 2 aromatic carbocycles. The number of aryl methyl sites for hydroxylation is 2. The number of nitrogens with one attached hydrogen (secondary N) is 2. The third-order valence-electron chi connectivity index (χ3n) is 3.47. The minimum absolute atomic E-state index is 0.187. The fourth-order valence-corrected chi connectivity index (χ4v) is 2.21. The van der Waals surface area contributed by atoms with Crippen LogP contribution in [0.3, 0.4) is 0 Å². The summed E-state index contributed by atoms with van der Waals surface area (Å²) < 4.78 is 5.28. The minimum Gasteiger partial charge on any atom is -0.482 e. The third kappa shape index (κ3) is 5.28. The van der Waals surface area contributed by atoms with E-state index in [1.54, 1.807) is 24.3 Å². The molecule has 0 fully saturated rings. The summed E-state index contributed by atoms with van der Waals surface area (Å²) in [5.41, 5.74) is 7.86. The number of ether oxygens (including phenoxy) is 1. The van der Waals surface area contributed by atoms with Crippen LogP contribution in [-0.4, -0.2) is 18.4 Å². The van der Waals surface area contributed by atoms with Crippen molar-refractivity contribution in [1.82, 2.24) is 10.9 Å². The molecule has 126 valence electrons. The standard InChI is InChI=1S/C18H19ClN2O3/c1-12-7-8-14(9-13(12)2)10-17(22)20-21-18(23)11-24-16-6-4-3-5-15(16)19/h3-9H,10-11H2,1-2H3,(H,20,22)(H,21,23). The van der Waals surface area contributed by atoms with Crippen molar-refractivity contribution in [1.29, 1.82) is 0 Å². The van der Waals surface area contributed by atoms with E-state index in [1.807, 2.05) is 32.0 Å². The molecule has 0 aliphatic rings. The number of hydrogen-bond acceptors (Lipinski definition) is 3. The van der Waals surface area contributed by atoms with Crippen LogP contribution in [0, 0.1) is 13.8 Å². The highest BCUT2D eigenvalue weighted by Crippen LogP contribution is 2.22. The maximum atomic E-state index is 11.9. The monoisotopic (exact) mass is 346 g/mol. The van der Waals surface area contributed by atoms with E-state index in [4.69, 9.17) is 16.3 Å². The van der Waals surface area contributed by atoms with Crippen molar-refractivity contribution in [3.63, 3.8) is 0 Å². The molecular weight excluding hydrogens is 328 g/mol. The summed E-state index contributed by atoms with van der Waals surface area (Å²) in [6.45, 7) is 3.76. The predicted octanol–water partition coefficient (Wildman–Crippen LogP) is 2.73. The Kier molecular flexibility index (Phi) is 6.21. The van der Waals surface area contributed by atoms with Gasteiger partial charge in [-0.25, -0.2) is 0 Å². The van der Waals surface area contributed by atoms with E-state index in [2.05, 4.69) is 10.9 Å². The van der Waals surface area contributed by atoms with Crippen LogP contribution in [-0.2, 0) is 16.0 Å². The van der Waals surface area contributed by atoms with Crippen LogP contribution in [0.2, 0.25) is 5.02 Å². The predicted molar refractivity (Wildman–Crippen MR) is 92.9 cm³/mol. The molecule has 0 bridgehead atoms. The van der Waals surface area contributed by atoms with Gasteiger partial charge in [0.05, 0.1) is 11.4 Å². The zero-order chi connectivity index (χ0) is 17.5. The number of amides is 2. The Morgan fingerprint density at radius 1 is 1.00 bits per heavy atom. The highest BCUT2D eigenvalue weighted by Gasteiger charge is 2.08. The number of rotatable bonds is 5. The van der Waals surface area contributed by atoms with Gasteiger partial charge in [0.2, 0.25) is 5.91 Å². The zero-order valence-electron chi connectivity index (χ0n) is 13.6. The lowest BCUT2D eigenvalue weighted by molar-refractivity contribution is -0.129. The van der Waals surface area contributed by atoms with Gasteiger partial charge in [0, 0.05) is 0 Å². The Morgan fingerprint density at radius 2 is 1.71 bits per heavy atom. The smallest absolute Gasteiger partial charge is 0.276 e. The average Bonchev–Trinajstić information content (AvgIpc) is 2.55. The van der Waals surface area contributed by atoms with E-state index in [1.165, 1.54) is 5.56 Å². The fraction of sp³-hybridized carbons (Fsp3) is 0.222. The van der Waals surface area contributed by atoms with Crippen LogP contribution in [0.25, 0.3) is 0 Å². The van der Waals surface area contributed by atoms with E-state index < -0.39 is 5.91 Å². The van der Waals surface area contributed by atoms with Crippen LogP contribution in [0.1, 0.15) is 16.7 Å². The van der Waals surface area contributed by atoms with Gasteiger partial charge in [0.15, 0.2) is 6.61 Å². The zero-order valence-corrected chi connectivity index (χ0v) is 14.3. The molecule has 0 radical (unpaired) electrons. The largest absolute Gasteiger partial charge is 0.482 e. The van der Waals surface area contributed by atoms with Gasteiger partial charge in [-0.1, -0.05) is 41.9 Å². The molecule has 0 aromatic heterocycles. The third-order valence-corrected chi connectivity index (χ3v) is 3.79. The van der Waals surface area contributed by atoms with Crippen molar-refractivity contribution in [3.8, 4) is 5.75 Å². The number of benzene rings is 2. The quantitative estimate of drug-likeness (QED) is 0.818. The summed E-state index contributed by atoms with van der Waals surface area (Å²) in [5.74, 6) is -0.358. The maximum Gasteiger partial charge on any atom is 0.276 e. The Bertz CT molecular complexity index is 747. The van der Waals surface area contributed by atoms with Crippen molar-refractivity contribution >= 4 is 23.4 Å². The van der Waals surface area contributed by atoms with Crippen LogP contribution in [0.5, 0.6) is 5.75 Å². The van der Waals surface area contributed by atoms with Gasteiger partial charge in [0.1, 0.15) is 5.75 Å². The van der Waals surface area contributed by atoms with Crippen LogP contribution in [0.4, 0.5) is 0 Å². The molecule has 0 aliphatic heterocycles. The Morgan fingerprint density at radius 3 is 2.42 bits per heavy atom. The number of carbonyl (C=O) groups is 2. The molecule has 6 heteroatoms. The second kappa shape index (κ2) is 8.36. The minimum atomic E-state index is -0.469. The second-order valence-corrected chi connectivity index (χ2v) is 5.82. The lowest BCUT2D eigenvalue weighted by Gasteiger charge is -2.10. The first-order chi connectivity index (χ1) is 11.5. The van der Waals surface area contributed by atoms with Gasteiger partial charge in [-0.2, -0.15) is 0 Å². The molecular formula is C18H19ClN2O3.